The molecule has 0 bridgehead atoms. The van der Waals surface area contributed by atoms with Gasteiger partial charge in [-0.25, -0.2) is 0 Å². The van der Waals surface area contributed by atoms with Crippen LogP contribution in [0.4, 0.5) is 0 Å². The molecule has 0 amide bonds. The summed E-state index contributed by atoms with van der Waals surface area (Å²) < 4.78 is 5.55. The van der Waals surface area contributed by atoms with E-state index >= 15 is 0 Å². The second kappa shape index (κ2) is 5.50. The minimum Gasteiger partial charge on any atom is -0.496 e. The predicted octanol–water partition coefficient (Wildman–Crippen LogP) is 3.82. The van der Waals surface area contributed by atoms with E-state index in [9.17, 15) is 0 Å². The van der Waals surface area contributed by atoms with E-state index < -0.39 is 0 Å². The molecule has 2 N–H and O–H groups in total. The van der Waals surface area contributed by atoms with Crippen LogP contribution in [0.25, 0.3) is 0 Å². The van der Waals surface area contributed by atoms with Crippen LogP contribution >= 0.6 is 11.6 Å². The van der Waals surface area contributed by atoms with Crippen molar-refractivity contribution >= 4 is 11.6 Å². The fraction of sp³-hybridized carbons (Fsp3) is 0.600. The average molecular weight is 268 g/mol. The zero-order valence-electron chi connectivity index (χ0n) is 11.3. The summed E-state index contributed by atoms with van der Waals surface area (Å²) in [6, 6.07) is 4.09. The molecular formula is C15H22ClNO. The Hall–Kier alpha value is -0.730. The molecular weight excluding hydrogens is 246 g/mol. The van der Waals surface area contributed by atoms with E-state index in [0.29, 0.717) is 6.54 Å². The summed E-state index contributed by atoms with van der Waals surface area (Å²) in [6.45, 7) is 2.67. The SMILES string of the molecule is COc1cc(C)c(Cl)cc1C1(CN)CCCCC1. The predicted molar refractivity (Wildman–Crippen MR) is 76.6 cm³/mol. The van der Waals surface area contributed by atoms with Crippen LogP contribution in [0.15, 0.2) is 12.1 Å². The van der Waals surface area contributed by atoms with Crippen molar-refractivity contribution in [3.05, 3.63) is 28.3 Å². The molecule has 1 aliphatic carbocycles. The van der Waals surface area contributed by atoms with Gasteiger partial charge in [0.1, 0.15) is 5.75 Å². The number of aryl methyl sites for hydroxylation is 1. The van der Waals surface area contributed by atoms with Gasteiger partial charge >= 0.3 is 0 Å². The topological polar surface area (TPSA) is 35.2 Å². The molecule has 2 rings (SSSR count). The Morgan fingerprint density at radius 2 is 1.94 bits per heavy atom. The van der Waals surface area contributed by atoms with Crippen molar-refractivity contribution in [3.8, 4) is 5.75 Å². The fourth-order valence-corrected chi connectivity index (χ4v) is 3.21. The third-order valence-corrected chi connectivity index (χ3v) is 4.66. The van der Waals surface area contributed by atoms with Crippen molar-refractivity contribution in [2.45, 2.75) is 44.4 Å². The average Bonchev–Trinajstić information content (AvgIpc) is 2.42. The first kappa shape index (κ1) is 13.7. The van der Waals surface area contributed by atoms with Crippen LogP contribution in [0.5, 0.6) is 5.75 Å². The van der Waals surface area contributed by atoms with Gasteiger partial charge in [0.15, 0.2) is 0 Å². The van der Waals surface area contributed by atoms with Crippen molar-refractivity contribution in [1.29, 1.82) is 0 Å². The van der Waals surface area contributed by atoms with Crippen molar-refractivity contribution in [1.82, 2.24) is 0 Å². The molecule has 0 heterocycles. The molecule has 0 unspecified atom stereocenters. The lowest BCUT2D eigenvalue weighted by Gasteiger charge is -2.38. The van der Waals surface area contributed by atoms with E-state index in [2.05, 4.69) is 6.07 Å². The number of methoxy groups -OCH3 is 1. The molecule has 1 aliphatic rings. The number of hydrogen-bond acceptors (Lipinski definition) is 2. The molecule has 0 spiro atoms. The van der Waals surface area contributed by atoms with E-state index in [4.69, 9.17) is 22.1 Å². The van der Waals surface area contributed by atoms with Gasteiger partial charge in [-0.1, -0.05) is 30.9 Å². The summed E-state index contributed by atoms with van der Waals surface area (Å²) in [5.41, 5.74) is 8.39. The third-order valence-electron chi connectivity index (χ3n) is 4.25. The van der Waals surface area contributed by atoms with Crippen LogP contribution < -0.4 is 10.5 Å². The summed E-state index contributed by atoms with van der Waals surface area (Å²) in [5.74, 6) is 0.934. The molecule has 2 nitrogen and oxygen atoms in total. The van der Waals surface area contributed by atoms with Gasteiger partial charge in [0.2, 0.25) is 0 Å². The first-order valence-corrected chi connectivity index (χ1v) is 7.05. The molecule has 1 saturated carbocycles. The number of halogens is 1. The normalized spacial score (nSPS) is 18.7. The Morgan fingerprint density at radius 3 is 2.50 bits per heavy atom. The largest absolute Gasteiger partial charge is 0.496 e. The Kier molecular flexibility index (Phi) is 4.18. The van der Waals surface area contributed by atoms with E-state index in [-0.39, 0.29) is 5.41 Å². The lowest BCUT2D eigenvalue weighted by atomic mass is 9.69. The number of nitrogens with two attached hydrogens (primary N) is 1. The molecule has 0 aliphatic heterocycles. The molecule has 0 radical (unpaired) electrons. The van der Waals surface area contributed by atoms with Gasteiger partial charge in [0.05, 0.1) is 7.11 Å². The van der Waals surface area contributed by atoms with Crippen LogP contribution in [-0.4, -0.2) is 13.7 Å². The molecule has 18 heavy (non-hydrogen) atoms. The lowest BCUT2D eigenvalue weighted by molar-refractivity contribution is 0.288. The Morgan fingerprint density at radius 1 is 1.28 bits per heavy atom. The maximum Gasteiger partial charge on any atom is 0.123 e. The molecule has 1 aromatic carbocycles. The zero-order chi connectivity index (χ0) is 13.2. The molecule has 0 saturated heterocycles. The van der Waals surface area contributed by atoms with Gasteiger partial charge < -0.3 is 10.5 Å². The number of hydrogen-bond donors (Lipinski definition) is 1. The van der Waals surface area contributed by atoms with Gasteiger partial charge in [-0.15, -0.1) is 0 Å². The van der Waals surface area contributed by atoms with Crippen LogP contribution in [0.3, 0.4) is 0 Å². The summed E-state index contributed by atoms with van der Waals surface area (Å²) in [5, 5.41) is 0.809. The van der Waals surface area contributed by atoms with Crippen LogP contribution in [0.1, 0.15) is 43.2 Å². The molecule has 100 valence electrons. The van der Waals surface area contributed by atoms with Crippen molar-refractivity contribution < 1.29 is 4.74 Å². The minimum atomic E-state index is 0.0565. The van der Waals surface area contributed by atoms with Gasteiger partial charge in [0, 0.05) is 22.5 Å². The highest BCUT2D eigenvalue weighted by Gasteiger charge is 2.35. The zero-order valence-corrected chi connectivity index (χ0v) is 12.0. The lowest BCUT2D eigenvalue weighted by Crippen LogP contribution is -2.37. The summed E-state index contributed by atoms with van der Waals surface area (Å²) in [7, 11) is 1.72. The molecule has 1 aromatic rings. The van der Waals surface area contributed by atoms with E-state index in [1.807, 2.05) is 13.0 Å². The van der Waals surface area contributed by atoms with Crippen molar-refractivity contribution in [2.75, 3.05) is 13.7 Å². The van der Waals surface area contributed by atoms with Crippen molar-refractivity contribution in [3.63, 3.8) is 0 Å². The summed E-state index contributed by atoms with van der Waals surface area (Å²) in [6.07, 6.45) is 6.07. The monoisotopic (exact) mass is 267 g/mol. The minimum absolute atomic E-state index is 0.0565. The second-order valence-electron chi connectivity index (χ2n) is 5.35. The van der Waals surface area contributed by atoms with Gasteiger partial charge in [-0.3, -0.25) is 0 Å². The van der Waals surface area contributed by atoms with Crippen molar-refractivity contribution in [2.24, 2.45) is 5.73 Å². The third kappa shape index (κ3) is 2.36. The number of rotatable bonds is 3. The van der Waals surface area contributed by atoms with E-state index in [0.717, 1.165) is 29.2 Å². The van der Waals surface area contributed by atoms with Gasteiger partial charge in [-0.05, 0) is 37.5 Å². The highest BCUT2D eigenvalue weighted by atomic mass is 35.5. The van der Waals surface area contributed by atoms with E-state index in [1.54, 1.807) is 7.11 Å². The molecule has 1 fully saturated rings. The number of ether oxygens (including phenoxy) is 1. The standard InChI is InChI=1S/C15H22ClNO/c1-11-8-14(18-2)12(9-13(11)16)15(10-17)6-4-3-5-7-15/h8-9H,3-7,10,17H2,1-2H3. The van der Waals surface area contributed by atoms with Crippen LogP contribution in [0.2, 0.25) is 5.02 Å². The van der Waals surface area contributed by atoms with E-state index in [1.165, 1.54) is 24.8 Å². The Balaban J connectivity index is 2.49. The molecule has 0 aromatic heterocycles. The second-order valence-corrected chi connectivity index (χ2v) is 5.75. The summed E-state index contributed by atoms with van der Waals surface area (Å²) >= 11 is 6.28. The first-order chi connectivity index (χ1) is 8.63. The molecule has 0 atom stereocenters. The Bertz CT molecular complexity index is 425. The van der Waals surface area contributed by atoms with Gasteiger partial charge in [0.25, 0.3) is 0 Å². The maximum absolute atomic E-state index is 6.28. The van der Waals surface area contributed by atoms with Crippen LogP contribution in [0, 0.1) is 6.92 Å². The maximum atomic E-state index is 6.28. The first-order valence-electron chi connectivity index (χ1n) is 6.67. The Labute approximate surface area is 114 Å². The van der Waals surface area contributed by atoms with Gasteiger partial charge in [-0.2, -0.15) is 0 Å². The highest BCUT2D eigenvalue weighted by molar-refractivity contribution is 6.31. The highest BCUT2D eigenvalue weighted by Crippen LogP contribution is 2.44. The molecule has 3 heteroatoms. The smallest absolute Gasteiger partial charge is 0.123 e. The quantitative estimate of drug-likeness (QED) is 0.904. The summed E-state index contributed by atoms with van der Waals surface area (Å²) in [4.78, 5) is 0. The number of benzene rings is 1. The van der Waals surface area contributed by atoms with Crippen LogP contribution in [-0.2, 0) is 5.41 Å². The fourth-order valence-electron chi connectivity index (χ4n) is 3.05.